The van der Waals surface area contributed by atoms with Crippen molar-refractivity contribution in [2.24, 2.45) is 0 Å². The predicted molar refractivity (Wildman–Crippen MR) is 73.0 cm³/mol. The third-order valence-electron chi connectivity index (χ3n) is 3.34. The Morgan fingerprint density at radius 1 is 1.11 bits per heavy atom. The van der Waals surface area contributed by atoms with E-state index in [1.54, 1.807) is 30.3 Å². The number of rotatable bonds is 4. The van der Waals surface area contributed by atoms with Crippen molar-refractivity contribution < 1.29 is 8.42 Å². The van der Waals surface area contributed by atoms with Gasteiger partial charge < -0.3 is 0 Å². The van der Waals surface area contributed by atoms with E-state index < -0.39 is 15.2 Å². The van der Waals surface area contributed by atoms with Crippen LogP contribution in [0.15, 0.2) is 47.9 Å². The van der Waals surface area contributed by atoms with Crippen LogP contribution >= 0.6 is 0 Å². The third kappa shape index (κ3) is 2.65. The van der Waals surface area contributed by atoms with Crippen molar-refractivity contribution in [2.75, 3.05) is 13.1 Å². The van der Waals surface area contributed by atoms with Crippen LogP contribution < -0.4 is 0 Å². The molecule has 1 heterocycles. The van der Waals surface area contributed by atoms with Gasteiger partial charge in [0.15, 0.2) is 9.84 Å². The van der Waals surface area contributed by atoms with Gasteiger partial charge in [-0.1, -0.05) is 30.7 Å². The zero-order valence-corrected chi connectivity index (χ0v) is 11.3. The molecule has 4 heteroatoms. The summed E-state index contributed by atoms with van der Waals surface area (Å²) in [7, 11) is -3.34. The Hall–Kier alpha value is -1.13. The minimum Gasteiger partial charge on any atom is -0.284 e. The number of likely N-dealkylation sites (tertiary alicyclic amines) is 1. The highest BCUT2D eigenvalue weighted by Gasteiger charge is 2.30. The van der Waals surface area contributed by atoms with E-state index in [0.29, 0.717) is 4.90 Å². The summed E-state index contributed by atoms with van der Waals surface area (Å²) in [5.41, 5.74) is 0. The fourth-order valence-corrected chi connectivity index (χ4v) is 4.07. The highest BCUT2D eigenvalue weighted by atomic mass is 32.2. The quantitative estimate of drug-likeness (QED) is 0.785. The van der Waals surface area contributed by atoms with Gasteiger partial charge in [-0.15, -0.1) is 6.58 Å². The molecular formula is C14H19NO2S. The van der Waals surface area contributed by atoms with Crippen molar-refractivity contribution in [3.8, 4) is 0 Å². The number of piperidine rings is 1. The van der Waals surface area contributed by atoms with Gasteiger partial charge in [-0.05, 0) is 38.1 Å². The predicted octanol–water partition coefficient (Wildman–Crippen LogP) is 2.46. The van der Waals surface area contributed by atoms with Crippen molar-refractivity contribution in [3.05, 3.63) is 43.0 Å². The summed E-state index contributed by atoms with van der Waals surface area (Å²) in [6, 6.07) is 8.63. The molecule has 1 aliphatic rings. The van der Waals surface area contributed by atoms with E-state index in [1.807, 2.05) is 11.0 Å². The van der Waals surface area contributed by atoms with E-state index in [-0.39, 0.29) is 0 Å². The maximum atomic E-state index is 12.5. The van der Waals surface area contributed by atoms with Crippen molar-refractivity contribution in [1.29, 1.82) is 0 Å². The number of benzene rings is 1. The molecule has 1 unspecified atom stereocenters. The number of hydrogen-bond acceptors (Lipinski definition) is 3. The SMILES string of the molecule is C=CC(N1CCCCC1)S(=O)(=O)c1ccccc1. The first-order chi connectivity index (χ1) is 8.66. The summed E-state index contributed by atoms with van der Waals surface area (Å²) in [4.78, 5) is 2.39. The molecule has 0 N–H and O–H groups in total. The van der Waals surface area contributed by atoms with Crippen LogP contribution in [-0.2, 0) is 9.84 Å². The Balaban J connectivity index is 2.29. The van der Waals surface area contributed by atoms with Gasteiger partial charge >= 0.3 is 0 Å². The topological polar surface area (TPSA) is 37.4 Å². The Morgan fingerprint density at radius 3 is 2.28 bits per heavy atom. The first kappa shape index (κ1) is 13.3. The Morgan fingerprint density at radius 2 is 1.72 bits per heavy atom. The van der Waals surface area contributed by atoms with E-state index in [9.17, 15) is 8.42 Å². The van der Waals surface area contributed by atoms with Crippen molar-refractivity contribution in [1.82, 2.24) is 4.90 Å². The van der Waals surface area contributed by atoms with Crippen molar-refractivity contribution in [2.45, 2.75) is 29.5 Å². The molecule has 1 atom stereocenters. The van der Waals surface area contributed by atoms with Gasteiger partial charge in [0.2, 0.25) is 0 Å². The average molecular weight is 265 g/mol. The minimum absolute atomic E-state index is 0.375. The van der Waals surface area contributed by atoms with Crippen LogP contribution in [0.5, 0.6) is 0 Å². The van der Waals surface area contributed by atoms with Crippen LogP contribution in [0.25, 0.3) is 0 Å². The van der Waals surface area contributed by atoms with Gasteiger partial charge in [-0.3, -0.25) is 4.90 Å². The number of hydrogen-bond donors (Lipinski definition) is 0. The first-order valence-electron chi connectivity index (χ1n) is 6.32. The van der Waals surface area contributed by atoms with Crippen LogP contribution in [0.1, 0.15) is 19.3 Å². The molecule has 0 amide bonds. The summed E-state index contributed by atoms with van der Waals surface area (Å²) >= 11 is 0. The molecule has 1 saturated heterocycles. The summed E-state index contributed by atoms with van der Waals surface area (Å²) in [6.45, 7) is 5.38. The first-order valence-corrected chi connectivity index (χ1v) is 7.86. The molecule has 2 rings (SSSR count). The second kappa shape index (κ2) is 5.67. The summed E-state index contributed by atoms with van der Waals surface area (Å²) in [5.74, 6) is 0. The van der Waals surface area contributed by atoms with Crippen molar-refractivity contribution >= 4 is 9.84 Å². The fourth-order valence-electron chi connectivity index (χ4n) is 2.39. The maximum absolute atomic E-state index is 12.5. The second-order valence-corrected chi connectivity index (χ2v) is 6.63. The van der Waals surface area contributed by atoms with Crippen LogP contribution in [0.4, 0.5) is 0 Å². The van der Waals surface area contributed by atoms with Gasteiger partial charge in [0.25, 0.3) is 0 Å². The Labute approximate surface area is 109 Å². The number of sulfone groups is 1. The summed E-state index contributed by atoms with van der Waals surface area (Å²) in [6.07, 6.45) is 4.86. The molecule has 0 saturated carbocycles. The zero-order valence-electron chi connectivity index (χ0n) is 10.5. The molecule has 0 radical (unpaired) electrons. The smallest absolute Gasteiger partial charge is 0.198 e. The van der Waals surface area contributed by atoms with Gasteiger partial charge in [0.05, 0.1) is 4.90 Å². The molecule has 1 fully saturated rings. The average Bonchev–Trinajstić information content (AvgIpc) is 2.41. The standard InChI is InChI=1S/C14H19NO2S/c1-2-14(15-11-7-4-8-12-15)18(16,17)13-9-5-3-6-10-13/h2-3,5-6,9-10,14H,1,4,7-8,11-12H2. The van der Waals surface area contributed by atoms with E-state index in [0.717, 1.165) is 25.9 Å². The Kier molecular flexibility index (Phi) is 4.19. The lowest BCUT2D eigenvalue weighted by molar-refractivity contribution is 0.229. The van der Waals surface area contributed by atoms with E-state index in [4.69, 9.17) is 0 Å². The molecule has 0 aliphatic carbocycles. The minimum atomic E-state index is -3.34. The molecule has 0 bridgehead atoms. The molecule has 98 valence electrons. The lowest BCUT2D eigenvalue weighted by Gasteiger charge is -2.32. The van der Waals surface area contributed by atoms with Gasteiger partial charge in [-0.25, -0.2) is 8.42 Å². The summed E-state index contributed by atoms with van der Waals surface area (Å²) in [5, 5.41) is -0.597. The van der Waals surface area contributed by atoms with Gasteiger partial charge in [-0.2, -0.15) is 0 Å². The van der Waals surface area contributed by atoms with Crippen LogP contribution in [0.3, 0.4) is 0 Å². The molecular weight excluding hydrogens is 246 g/mol. The lowest BCUT2D eigenvalue weighted by atomic mass is 10.1. The van der Waals surface area contributed by atoms with Crippen LogP contribution in [-0.4, -0.2) is 31.8 Å². The molecule has 3 nitrogen and oxygen atoms in total. The van der Waals surface area contributed by atoms with Gasteiger partial charge in [0.1, 0.15) is 5.37 Å². The molecule has 1 aromatic rings. The highest BCUT2D eigenvalue weighted by Crippen LogP contribution is 2.22. The largest absolute Gasteiger partial charge is 0.284 e. The zero-order chi connectivity index (χ0) is 13.0. The molecule has 0 spiro atoms. The summed E-state index contributed by atoms with van der Waals surface area (Å²) < 4.78 is 25.1. The van der Waals surface area contributed by atoms with Crippen LogP contribution in [0, 0.1) is 0 Å². The van der Waals surface area contributed by atoms with E-state index in [1.165, 1.54) is 6.42 Å². The fraction of sp³-hybridized carbons (Fsp3) is 0.429. The van der Waals surface area contributed by atoms with Crippen LogP contribution in [0.2, 0.25) is 0 Å². The van der Waals surface area contributed by atoms with E-state index in [2.05, 4.69) is 6.58 Å². The van der Waals surface area contributed by atoms with E-state index >= 15 is 0 Å². The number of nitrogens with zero attached hydrogens (tertiary/aromatic N) is 1. The Bertz CT molecular complexity index is 490. The molecule has 18 heavy (non-hydrogen) atoms. The normalized spacial score (nSPS) is 19.3. The molecule has 0 aromatic heterocycles. The highest BCUT2D eigenvalue weighted by molar-refractivity contribution is 7.92. The monoisotopic (exact) mass is 265 g/mol. The lowest BCUT2D eigenvalue weighted by Crippen LogP contribution is -2.42. The van der Waals surface area contributed by atoms with Crippen molar-refractivity contribution in [3.63, 3.8) is 0 Å². The maximum Gasteiger partial charge on any atom is 0.198 e. The molecule has 1 aliphatic heterocycles. The molecule has 1 aromatic carbocycles. The van der Waals surface area contributed by atoms with Gasteiger partial charge in [0, 0.05) is 0 Å². The third-order valence-corrected chi connectivity index (χ3v) is 5.40. The second-order valence-electron chi connectivity index (χ2n) is 4.58.